The highest BCUT2D eigenvalue weighted by atomic mass is 127. The molecule has 1 amide bonds. The molecule has 0 saturated heterocycles. The molecule has 6 nitrogen and oxygen atoms in total. The zero-order valence-electron chi connectivity index (χ0n) is 15.2. The lowest BCUT2D eigenvalue weighted by molar-refractivity contribution is 0.0972. The lowest BCUT2D eigenvalue weighted by atomic mass is 10.4. The number of hydrogen-bond donors (Lipinski definition) is 3. The Labute approximate surface area is 180 Å². The fraction of sp³-hybridized carbons (Fsp3) is 0.368. The van der Waals surface area contributed by atoms with E-state index in [2.05, 4.69) is 39.9 Å². The zero-order valence-corrected chi connectivity index (χ0v) is 18.4. The molecule has 1 saturated carbocycles. The van der Waals surface area contributed by atoms with E-state index in [1.165, 1.54) is 17.7 Å². The lowest BCUT2D eigenvalue weighted by Crippen LogP contribution is -2.41. The largest absolute Gasteiger partial charge is 0.454 e. The van der Waals surface area contributed by atoms with Gasteiger partial charge in [0.25, 0.3) is 5.91 Å². The number of carbonyl (C=O) groups is 1. The summed E-state index contributed by atoms with van der Waals surface area (Å²) in [7, 11) is 0. The van der Waals surface area contributed by atoms with Crippen LogP contribution in [-0.4, -0.2) is 29.7 Å². The highest BCUT2D eigenvalue weighted by Gasteiger charge is 2.43. The summed E-state index contributed by atoms with van der Waals surface area (Å²) in [5.74, 6) is 0.934. The van der Waals surface area contributed by atoms with Crippen molar-refractivity contribution in [2.24, 2.45) is 10.7 Å². The first-order chi connectivity index (χ1) is 12.6. The number of nitrogens with two attached hydrogens (primary N) is 1. The molecule has 3 rings (SSSR count). The number of hydrogen-bond acceptors (Lipinski definition) is 4. The number of nitrogens with one attached hydrogen (secondary N) is 2. The van der Waals surface area contributed by atoms with E-state index in [0.29, 0.717) is 12.3 Å². The minimum absolute atomic E-state index is 0. The summed E-state index contributed by atoms with van der Waals surface area (Å²) in [6.45, 7) is 4.00. The number of halogens is 1. The number of guanidine groups is 1. The summed E-state index contributed by atoms with van der Waals surface area (Å²) in [5.41, 5.74) is 5.20. The van der Waals surface area contributed by atoms with Crippen molar-refractivity contribution in [3.05, 3.63) is 54.0 Å². The molecule has 1 fully saturated rings. The van der Waals surface area contributed by atoms with Gasteiger partial charge in [0.2, 0.25) is 0 Å². The highest BCUT2D eigenvalue weighted by molar-refractivity contribution is 14.0. The number of rotatable bonds is 8. The smallest absolute Gasteiger partial charge is 0.284 e. The van der Waals surface area contributed by atoms with Crippen molar-refractivity contribution in [3.8, 4) is 0 Å². The van der Waals surface area contributed by atoms with Gasteiger partial charge in [-0.3, -0.25) is 4.79 Å². The number of amides is 1. The van der Waals surface area contributed by atoms with Crippen molar-refractivity contribution in [1.82, 2.24) is 10.6 Å². The Balaban J connectivity index is 0.00000261. The van der Waals surface area contributed by atoms with Gasteiger partial charge in [0, 0.05) is 22.7 Å². The van der Waals surface area contributed by atoms with E-state index in [9.17, 15) is 4.79 Å². The molecule has 4 N–H and O–H groups in total. The second-order valence-corrected chi connectivity index (χ2v) is 7.82. The standard InChI is InChI=1S/C19H24N4O2S.HI/c1-2-21-18(22-12-14-8-9-16(25-14)17(20)24)23-13-19(10-11-19)26-15-6-4-3-5-7-15;/h3-9H,2,10-13H2,1H3,(H2,20,24)(H2,21,22,23);1H. The predicted molar refractivity (Wildman–Crippen MR) is 120 cm³/mol. The van der Waals surface area contributed by atoms with Crippen molar-refractivity contribution in [2.45, 2.75) is 36.0 Å². The van der Waals surface area contributed by atoms with Crippen LogP contribution in [0.15, 0.2) is 56.8 Å². The van der Waals surface area contributed by atoms with Crippen molar-refractivity contribution < 1.29 is 9.21 Å². The van der Waals surface area contributed by atoms with Crippen molar-refractivity contribution in [1.29, 1.82) is 0 Å². The van der Waals surface area contributed by atoms with Gasteiger partial charge in [0.15, 0.2) is 11.7 Å². The maximum Gasteiger partial charge on any atom is 0.284 e. The molecule has 0 aliphatic heterocycles. The first-order valence-corrected chi connectivity index (χ1v) is 9.57. The first kappa shape index (κ1) is 21.6. The van der Waals surface area contributed by atoms with E-state index < -0.39 is 5.91 Å². The van der Waals surface area contributed by atoms with Crippen LogP contribution in [0.2, 0.25) is 0 Å². The van der Waals surface area contributed by atoms with Gasteiger partial charge in [-0.25, -0.2) is 4.99 Å². The molecule has 0 bridgehead atoms. The minimum Gasteiger partial charge on any atom is -0.454 e. The molecular formula is C19H25IN4O2S. The van der Waals surface area contributed by atoms with Crippen LogP contribution in [0.25, 0.3) is 0 Å². The van der Waals surface area contributed by atoms with Crippen molar-refractivity contribution >= 4 is 47.6 Å². The van der Waals surface area contributed by atoms with Gasteiger partial charge >= 0.3 is 0 Å². The summed E-state index contributed by atoms with van der Waals surface area (Å²) in [6, 6.07) is 13.8. The second-order valence-electron chi connectivity index (χ2n) is 6.28. The van der Waals surface area contributed by atoms with Gasteiger partial charge in [-0.15, -0.1) is 35.7 Å². The van der Waals surface area contributed by atoms with Crippen LogP contribution in [-0.2, 0) is 6.54 Å². The molecule has 1 aliphatic rings. The van der Waals surface area contributed by atoms with E-state index in [1.807, 2.05) is 24.8 Å². The minimum atomic E-state index is -0.570. The second kappa shape index (κ2) is 10.0. The van der Waals surface area contributed by atoms with Crippen LogP contribution in [0, 0.1) is 0 Å². The Kier molecular flexibility index (Phi) is 8.03. The molecule has 0 atom stereocenters. The molecule has 1 aromatic carbocycles. The number of benzene rings is 1. The Bertz CT molecular complexity index is 775. The Morgan fingerprint density at radius 1 is 1.22 bits per heavy atom. The van der Waals surface area contributed by atoms with E-state index in [1.54, 1.807) is 12.1 Å². The molecule has 2 aromatic rings. The lowest BCUT2D eigenvalue weighted by Gasteiger charge is -2.18. The SMILES string of the molecule is CCNC(=NCc1ccc(C(N)=O)o1)NCC1(Sc2ccccc2)CC1.I. The molecule has 0 spiro atoms. The summed E-state index contributed by atoms with van der Waals surface area (Å²) >= 11 is 1.92. The van der Waals surface area contributed by atoms with Crippen LogP contribution in [0.1, 0.15) is 36.1 Å². The van der Waals surface area contributed by atoms with Gasteiger partial charge in [0.1, 0.15) is 12.3 Å². The van der Waals surface area contributed by atoms with Gasteiger partial charge in [-0.2, -0.15) is 0 Å². The Morgan fingerprint density at radius 3 is 2.56 bits per heavy atom. The number of furan rings is 1. The summed E-state index contributed by atoms with van der Waals surface area (Å²) in [6.07, 6.45) is 2.39. The molecular weight excluding hydrogens is 475 g/mol. The normalized spacial score (nSPS) is 14.9. The topological polar surface area (TPSA) is 92.6 Å². The third-order valence-electron chi connectivity index (χ3n) is 4.10. The number of nitrogens with zero attached hydrogens (tertiary/aromatic N) is 1. The number of aliphatic imine (C=N–C) groups is 1. The van der Waals surface area contributed by atoms with Crippen LogP contribution in [0.5, 0.6) is 0 Å². The van der Waals surface area contributed by atoms with Gasteiger partial charge < -0.3 is 20.8 Å². The maximum absolute atomic E-state index is 11.1. The quantitative estimate of drug-likeness (QED) is 0.294. The van der Waals surface area contributed by atoms with Gasteiger partial charge in [-0.1, -0.05) is 18.2 Å². The fourth-order valence-corrected chi connectivity index (χ4v) is 3.78. The summed E-state index contributed by atoms with van der Waals surface area (Å²) in [5, 5.41) is 6.67. The third-order valence-corrected chi connectivity index (χ3v) is 5.60. The maximum atomic E-state index is 11.1. The number of carbonyl (C=O) groups excluding carboxylic acids is 1. The van der Waals surface area contributed by atoms with Crippen molar-refractivity contribution in [2.75, 3.05) is 13.1 Å². The molecule has 146 valence electrons. The van der Waals surface area contributed by atoms with E-state index in [-0.39, 0.29) is 34.5 Å². The van der Waals surface area contributed by atoms with Gasteiger partial charge in [-0.05, 0) is 44.0 Å². The van der Waals surface area contributed by atoms with Crippen molar-refractivity contribution in [3.63, 3.8) is 0 Å². The van der Waals surface area contributed by atoms with Crippen LogP contribution in [0.4, 0.5) is 0 Å². The van der Waals surface area contributed by atoms with Crippen LogP contribution < -0.4 is 16.4 Å². The molecule has 0 radical (unpaired) electrons. The molecule has 8 heteroatoms. The monoisotopic (exact) mass is 500 g/mol. The molecule has 1 aliphatic carbocycles. The highest BCUT2D eigenvalue weighted by Crippen LogP contribution is 2.51. The first-order valence-electron chi connectivity index (χ1n) is 8.75. The van der Waals surface area contributed by atoms with E-state index >= 15 is 0 Å². The Hall–Kier alpha value is -1.68. The van der Waals surface area contributed by atoms with E-state index in [4.69, 9.17) is 10.2 Å². The van der Waals surface area contributed by atoms with E-state index in [0.717, 1.165) is 19.0 Å². The number of thioether (sulfide) groups is 1. The third kappa shape index (κ3) is 6.46. The van der Waals surface area contributed by atoms with Gasteiger partial charge in [0.05, 0.1) is 0 Å². The summed E-state index contributed by atoms with van der Waals surface area (Å²) < 4.78 is 5.61. The Morgan fingerprint density at radius 2 is 1.96 bits per heavy atom. The van der Waals surface area contributed by atoms with Crippen LogP contribution in [0.3, 0.4) is 0 Å². The zero-order chi connectivity index (χ0) is 18.4. The molecule has 0 unspecified atom stereocenters. The molecule has 1 heterocycles. The molecule has 27 heavy (non-hydrogen) atoms. The van der Waals surface area contributed by atoms with Crippen LogP contribution >= 0.6 is 35.7 Å². The fourth-order valence-electron chi connectivity index (χ4n) is 2.53. The molecule has 1 aromatic heterocycles. The average Bonchev–Trinajstić information content (AvgIpc) is 3.22. The average molecular weight is 500 g/mol. The summed E-state index contributed by atoms with van der Waals surface area (Å²) in [4.78, 5) is 16.9. The number of primary amides is 1. The predicted octanol–water partition coefficient (Wildman–Crippen LogP) is 3.38.